The number of rotatable bonds is 9. The fraction of sp³-hybridized carbons (Fsp3) is 0.263. The van der Waals surface area contributed by atoms with Crippen LogP contribution in [0.2, 0.25) is 10.0 Å². The normalized spacial score (nSPS) is 11.4. The van der Waals surface area contributed by atoms with Crippen molar-refractivity contribution in [1.29, 1.82) is 0 Å². The number of amides is 1. The smallest absolute Gasteiger partial charge is 0.260 e. The summed E-state index contributed by atoms with van der Waals surface area (Å²) < 4.78 is 30.6. The minimum Gasteiger partial charge on any atom is -0.494 e. The highest BCUT2D eigenvalue weighted by atomic mass is 35.5. The number of benzene rings is 2. The van der Waals surface area contributed by atoms with Gasteiger partial charge in [0, 0.05) is 5.02 Å². The minimum absolute atomic E-state index is 0.114. The Bertz CT molecular complexity index is 979. The maximum atomic E-state index is 12.2. The van der Waals surface area contributed by atoms with Crippen molar-refractivity contribution in [2.24, 2.45) is 5.10 Å². The molecule has 0 aliphatic heterocycles. The third-order valence-corrected chi connectivity index (χ3v) is 5.30. The van der Waals surface area contributed by atoms with Gasteiger partial charge in [0.25, 0.3) is 5.91 Å². The van der Waals surface area contributed by atoms with Crippen molar-refractivity contribution < 1.29 is 17.9 Å². The first-order valence-corrected chi connectivity index (χ1v) is 11.3. The van der Waals surface area contributed by atoms with Crippen LogP contribution in [0.15, 0.2) is 47.6 Å². The van der Waals surface area contributed by atoms with E-state index in [0.717, 1.165) is 28.3 Å². The molecule has 0 aliphatic carbocycles. The summed E-state index contributed by atoms with van der Waals surface area (Å²) in [6, 6.07) is 11.5. The monoisotopic (exact) mass is 457 g/mol. The first kappa shape index (κ1) is 23.0. The van der Waals surface area contributed by atoms with E-state index in [4.69, 9.17) is 27.9 Å². The standard InChI is InChI=1S/C19H21Cl2N3O4S/c1-3-10-28-16-7-4-14(5-8-16)12-22-23-19(25)13-24(29(2,26)27)18-11-15(20)6-9-17(18)21/h4-9,11-12H,3,10,13H2,1-2H3,(H,23,25)/b22-12-. The summed E-state index contributed by atoms with van der Waals surface area (Å²) in [5, 5.41) is 4.30. The van der Waals surface area contributed by atoms with Gasteiger partial charge in [-0.05, 0) is 54.4 Å². The summed E-state index contributed by atoms with van der Waals surface area (Å²) in [6.45, 7) is 2.16. The molecule has 0 fully saturated rings. The van der Waals surface area contributed by atoms with Crippen LogP contribution in [0, 0.1) is 0 Å². The van der Waals surface area contributed by atoms with Crippen LogP contribution >= 0.6 is 23.2 Å². The largest absolute Gasteiger partial charge is 0.494 e. The quantitative estimate of drug-likeness (QED) is 0.459. The Balaban J connectivity index is 2.03. The number of nitrogens with one attached hydrogen (secondary N) is 1. The van der Waals surface area contributed by atoms with Crippen molar-refractivity contribution in [3.63, 3.8) is 0 Å². The summed E-state index contributed by atoms with van der Waals surface area (Å²) in [6.07, 6.45) is 3.34. The number of hydrogen-bond donors (Lipinski definition) is 1. The maximum absolute atomic E-state index is 12.2. The molecule has 2 rings (SSSR count). The average Bonchev–Trinajstić information content (AvgIpc) is 2.66. The number of hydrogen-bond acceptors (Lipinski definition) is 5. The summed E-state index contributed by atoms with van der Waals surface area (Å²) >= 11 is 12.0. The second kappa shape index (κ2) is 10.5. The zero-order valence-corrected chi connectivity index (χ0v) is 18.3. The molecule has 0 saturated heterocycles. The Hall–Kier alpha value is -2.29. The molecule has 0 atom stereocenters. The van der Waals surface area contributed by atoms with Crippen molar-refractivity contribution in [2.75, 3.05) is 23.7 Å². The Morgan fingerprint density at radius 1 is 1.21 bits per heavy atom. The van der Waals surface area contributed by atoms with Crippen molar-refractivity contribution in [2.45, 2.75) is 13.3 Å². The number of carbonyl (C=O) groups is 1. The summed E-state index contributed by atoms with van der Waals surface area (Å²) in [5.41, 5.74) is 3.16. The molecule has 0 aromatic heterocycles. The molecule has 0 unspecified atom stereocenters. The van der Waals surface area contributed by atoms with Gasteiger partial charge in [0.15, 0.2) is 0 Å². The molecule has 156 valence electrons. The number of ether oxygens (including phenoxy) is 1. The van der Waals surface area contributed by atoms with Crippen molar-refractivity contribution in [3.8, 4) is 5.75 Å². The van der Waals surface area contributed by atoms with Crippen LogP contribution in [0.4, 0.5) is 5.69 Å². The predicted molar refractivity (Wildman–Crippen MR) is 117 cm³/mol. The lowest BCUT2D eigenvalue weighted by atomic mass is 10.2. The van der Waals surface area contributed by atoms with Gasteiger partial charge in [-0.3, -0.25) is 9.10 Å². The minimum atomic E-state index is -3.78. The van der Waals surface area contributed by atoms with Gasteiger partial charge in [-0.15, -0.1) is 0 Å². The van der Waals surface area contributed by atoms with Crippen molar-refractivity contribution in [3.05, 3.63) is 58.1 Å². The van der Waals surface area contributed by atoms with E-state index >= 15 is 0 Å². The third-order valence-electron chi connectivity index (χ3n) is 3.62. The number of sulfonamides is 1. The van der Waals surface area contributed by atoms with E-state index in [1.54, 1.807) is 24.3 Å². The number of carbonyl (C=O) groups excluding carboxylic acids is 1. The number of halogens is 2. The lowest BCUT2D eigenvalue weighted by Crippen LogP contribution is -2.39. The van der Waals surface area contributed by atoms with Crippen LogP contribution in [-0.4, -0.2) is 39.9 Å². The topological polar surface area (TPSA) is 88.1 Å². The molecule has 0 radical (unpaired) electrons. The van der Waals surface area contributed by atoms with Gasteiger partial charge in [0.1, 0.15) is 12.3 Å². The third kappa shape index (κ3) is 7.23. The fourth-order valence-corrected chi connectivity index (χ4v) is 3.57. The lowest BCUT2D eigenvalue weighted by Gasteiger charge is -2.22. The molecule has 29 heavy (non-hydrogen) atoms. The van der Waals surface area contributed by atoms with Crippen molar-refractivity contribution in [1.82, 2.24) is 5.43 Å². The first-order valence-electron chi connectivity index (χ1n) is 8.68. The summed E-state index contributed by atoms with van der Waals surface area (Å²) in [4.78, 5) is 12.2. The van der Waals surface area contributed by atoms with E-state index in [-0.39, 0.29) is 10.7 Å². The van der Waals surface area contributed by atoms with E-state index in [1.165, 1.54) is 24.4 Å². The number of nitrogens with zero attached hydrogens (tertiary/aromatic N) is 2. The number of anilines is 1. The van der Waals surface area contributed by atoms with Gasteiger partial charge in [-0.2, -0.15) is 5.10 Å². The molecule has 2 aromatic rings. The Labute approximate surface area is 180 Å². The van der Waals surface area contributed by atoms with Crippen molar-refractivity contribution >= 4 is 51.0 Å². The fourth-order valence-electron chi connectivity index (χ4n) is 2.27. The Morgan fingerprint density at radius 3 is 2.52 bits per heavy atom. The van der Waals surface area contributed by atoms with Crippen LogP contribution in [0.25, 0.3) is 0 Å². The highest BCUT2D eigenvalue weighted by molar-refractivity contribution is 7.92. The molecule has 0 saturated carbocycles. The van der Waals surface area contributed by atoms with Gasteiger partial charge in [0.05, 0.1) is 29.8 Å². The van der Waals surface area contributed by atoms with Gasteiger partial charge < -0.3 is 4.74 Å². The van der Waals surface area contributed by atoms with E-state index in [9.17, 15) is 13.2 Å². The van der Waals surface area contributed by atoms with E-state index < -0.39 is 22.5 Å². The molecule has 10 heteroatoms. The SMILES string of the molecule is CCCOc1ccc(/C=N\NC(=O)CN(c2cc(Cl)ccc2Cl)S(C)(=O)=O)cc1. The molecular formula is C19H21Cl2N3O4S. The Morgan fingerprint density at radius 2 is 1.90 bits per heavy atom. The van der Waals surface area contributed by atoms with Gasteiger partial charge in [-0.1, -0.05) is 30.1 Å². The summed E-state index contributed by atoms with van der Waals surface area (Å²) in [7, 11) is -3.78. The molecule has 0 heterocycles. The molecule has 2 aromatic carbocycles. The lowest BCUT2D eigenvalue weighted by molar-refractivity contribution is -0.119. The van der Waals surface area contributed by atoms with E-state index in [1.807, 2.05) is 6.92 Å². The van der Waals surface area contributed by atoms with Gasteiger partial charge in [-0.25, -0.2) is 13.8 Å². The summed E-state index contributed by atoms with van der Waals surface area (Å²) in [5.74, 6) is 0.112. The Kier molecular flexibility index (Phi) is 8.31. The van der Waals surface area contributed by atoms with E-state index in [0.29, 0.717) is 11.6 Å². The van der Waals surface area contributed by atoms with Crippen LogP contribution in [0.1, 0.15) is 18.9 Å². The molecular weight excluding hydrogens is 437 g/mol. The average molecular weight is 458 g/mol. The van der Waals surface area contributed by atoms with Crippen LogP contribution in [-0.2, 0) is 14.8 Å². The second-order valence-corrected chi connectivity index (χ2v) is 8.83. The highest BCUT2D eigenvalue weighted by Gasteiger charge is 2.23. The van der Waals surface area contributed by atoms with Gasteiger partial charge >= 0.3 is 0 Å². The molecule has 0 spiro atoms. The number of hydrazone groups is 1. The first-order chi connectivity index (χ1) is 13.7. The van der Waals surface area contributed by atoms with Crippen LogP contribution < -0.4 is 14.5 Å². The zero-order chi connectivity index (χ0) is 21.4. The maximum Gasteiger partial charge on any atom is 0.260 e. The predicted octanol–water partition coefficient (Wildman–Crippen LogP) is 3.70. The van der Waals surface area contributed by atoms with E-state index in [2.05, 4.69) is 10.5 Å². The molecule has 7 nitrogen and oxygen atoms in total. The van der Waals surface area contributed by atoms with Crippen LogP contribution in [0.5, 0.6) is 5.75 Å². The van der Waals surface area contributed by atoms with Crippen LogP contribution in [0.3, 0.4) is 0 Å². The second-order valence-electron chi connectivity index (χ2n) is 6.08. The van der Waals surface area contributed by atoms with Gasteiger partial charge in [0.2, 0.25) is 10.0 Å². The molecule has 0 aliphatic rings. The molecule has 1 N–H and O–H groups in total. The molecule has 0 bridgehead atoms. The highest BCUT2D eigenvalue weighted by Crippen LogP contribution is 2.30. The molecule has 1 amide bonds. The zero-order valence-electron chi connectivity index (χ0n) is 15.9.